The lowest BCUT2D eigenvalue weighted by Crippen LogP contribution is -2.04. The van der Waals surface area contributed by atoms with Gasteiger partial charge in [-0.2, -0.15) is 0 Å². The highest BCUT2D eigenvalue weighted by atomic mass is 16.5. The largest absolute Gasteiger partial charge is 0.491 e. The summed E-state index contributed by atoms with van der Waals surface area (Å²) < 4.78 is 5.57. The first-order valence-electron chi connectivity index (χ1n) is 5.46. The van der Waals surface area contributed by atoms with Gasteiger partial charge in [-0.3, -0.25) is 9.97 Å². The van der Waals surface area contributed by atoms with E-state index in [9.17, 15) is 0 Å². The number of aromatic nitrogens is 2. The summed E-state index contributed by atoms with van der Waals surface area (Å²) in [5.74, 6) is 0.630. The number of hydrogen-bond donors (Lipinski definition) is 1. The van der Waals surface area contributed by atoms with Gasteiger partial charge in [-0.15, -0.1) is 0 Å². The van der Waals surface area contributed by atoms with E-state index in [1.807, 2.05) is 18.2 Å². The fourth-order valence-electron chi connectivity index (χ4n) is 1.48. The van der Waals surface area contributed by atoms with E-state index in [0.717, 1.165) is 17.7 Å². The van der Waals surface area contributed by atoms with Gasteiger partial charge in [0.1, 0.15) is 5.75 Å². The Morgan fingerprint density at radius 2 is 2.12 bits per heavy atom. The molecular weight excluding hydrogens is 216 g/mol. The first-order chi connectivity index (χ1) is 8.40. The molecule has 0 amide bonds. The van der Waals surface area contributed by atoms with Crippen LogP contribution >= 0.6 is 0 Å². The molecular formula is C13H14N2O2. The van der Waals surface area contributed by atoms with Gasteiger partial charge >= 0.3 is 0 Å². The van der Waals surface area contributed by atoms with E-state index in [1.165, 1.54) is 0 Å². The zero-order valence-electron chi connectivity index (χ0n) is 9.41. The molecule has 0 spiro atoms. The maximum atomic E-state index is 9.11. The lowest BCUT2D eigenvalue weighted by molar-refractivity contribution is 0.263. The van der Waals surface area contributed by atoms with Crippen LogP contribution in [0.15, 0.2) is 42.9 Å². The zero-order chi connectivity index (χ0) is 11.9. The minimum atomic E-state index is -0.0402. The molecule has 2 heterocycles. The van der Waals surface area contributed by atoms with E-state index in [-0.39, 0.29) is 6.61 Å². The van der Waals surface area contributed by atoms with Gasteiger partial charge in [-0.25, -0.2) is 0 Å². The third-order valence-corrected chi connectivity index (χ3v) is 2.38. The summed E-state index contributed by atoms with van der Waals surface area (Å²) in [4.78, 5) is 8.17. The standard InChI is InChI=1S/C13H14N2O2/c16-10-11-4-7-14-9-13(11)17-8-5-12-3-1-2-6-15-12/h1-4,6-7,9,16H,5,8,10H2. The smallest absolute Gasteiger partial charge is 0.143 e. The van der Waals surface area contributed by atoms with Gasteiger partial charge in [-0.05, 0) is 18.2 Å². The topological polar surface area (TPSA) is 55.2 Å². The van der Waals surface area contributed by atoms with Crippen LogP contribution in [-0.2, 0) is 13.0 Å². The second-order valence-corrected chi connectivity index (χ2v) is 3.56. The van der Waals surface area contributed by atoms with Crippen LogP contribution in [0.4, 0.5) is 0 Å². The molecule has 0 unspecified atom stereocenters. The Morgan fingerprint density at radius 3 is 2.88 bits per heavy atom. The maximum Gasteiger partial charge on any atom is 0.143 e. The van der Waals surface area contributed by atoms with E-state index in [4.69, 9.17) is 9.84 Å². The Kier molecular flexibility index (Phi) is 4.05. The van der Waals surface area contributed by atoms with Crippen LogP contribution in [0.1, 0.15) is 11.3 Å². The minimum absolute atomic E-state index is 0.0402. The molecule has 1 N–H and O–H groups in total. The molecule has 0 aliphatic heterocycles. The van der Waals surface area contributed by atoms with E-state index in [0.29, 0.717) is 12.4 Å². The van der Waals surface area contributed by atoms with Gasteiger partial charge in [0.25, 0.3) is 0 Å². The summed E-state index contributed by atoms with van der Waals surface area (Å²) >= 11 is 0. The molecule has 0 bridgehead atoms. The normalized spacial score (nSPS) is 10.2. The molecule has 2 aromatic heterocycles. The fraction of sp³-hybridized carbons (Fsp3) is 0.231. The molecule has 0 aliphatic carbocycles. The molecule has 0 aromatic carbocycles. The quantitative estimate of drug-likeness (QED) is 0.847. The van der Waals surface area contributed by atoms with E-state index in [2.05, 4.69) is 9.97 Å². The molecule has 2 rings (SSSR count). The number of hydrogen-bond acceptors (Lipinski definition) is 4. The number of nitrogens with zero attached hydrogens (tertiary/aromatic N) is 2. The van der Waals surface area contributed by atoms with Gasteiger partial charge in [0.2, 0.25) is 0 Å². The Hall–Kier alpha value is -1.94. The van der Waals surface area contributed by atoms with Gasteiger partial charge in [0.15, 0.2) is 0 Å². The fourth-order valence-corrected chi connectivity index (χ4v) is 1.48. The van der Waals surface area contributed by atoms with Crippen LogP contribution in [-0.4, -0.2) is 21.7 Å². The van der Waals surface area contributed by atoms with Crippen LogP contribution in [0.3, 0.4) is 0 Å². The predicted molar refractivity (Wildman–Crippen MR) is 63.6 cm³/mol. The third kappa shape index (κ3) is 3.26. The van der Waals surface area contributed by atoms with Crippen molar-refractivity contribution in [3.05, 3.63) is 54.1 Å². The van der Waals surface area contributed by atoms with Crippen molar-refractivity contribution in [1.82, 2.24) is 9.97 Å². The number of pyridine rings is 2. The van der Waals surface area contributed by atoms with Gasteiger partial charge in [0, 0.05) is 30.1 Å². The van der Waals surface area contributed by atoms with Crippen LogP contribution in [0.5, 0.6) is 5.75 Å². The number of aliphatic hydroxyl groups excluding tert-OH is 1. The molecule has 88 valence electrons. The van der Waals surface area contributed by atoms with Crippen molar-refractivity contribution in [2.75, 3.05) is 6.61 Å². The van der Waals surface area contributed by atoms with Gasteiger partial charge in [0.05, 0.1) is 19.4 Å². The second kappa shape index (κ2) is 5.96. The van der Waals surface area contributed by atoms with Crippen molar-refractivity contribution in [3.8, 4) is 5.75 Å². The first-order valence-corrected chi connectivity index (χ1v) is 5.46. The molecule has 0 saturated carbocycles. The summed E-state index contributed by atoms with van der Waals surface area (Å²) in [5, 5.41) is 9.11. The average molecular weight is 230 g/mol. The lowest BCUT2D eigenvalue weighted by Gasteiger charge is -2.08. The molecule has 17 heavy (non-hydrogen) atoms. The molecule has 0 atom stereocenters. The summed E-state index contributed by atoms with van der Waals surface area (Å²) in [7, 11) is 0. The Morgan fingerprint density at radius 1 is 1.18 bits per heavy atom. The summed E-state index contributed by atoms with van der Waals surface area (Å²) in [5.41, 5.74) is 1.74. The minimum Gasteiger partial charge on any atom is -0.491 e. The van der Waals surface area contributed by atoms with Crippen molar-refractivity contribution in [1.29, 1.82) is 0 Å². The van der Waals surface area contributed by atoms with Gasteiger partial charge < -0.3 is 9.84 Å². The van der Waals surface area contributed by atoms with Crippen LogP contribution < -0.4 is 4.74 Å². The highest BCUT2D eigenvalue weighted by Crippen LogP contribution is 2.16. The third-order valence-electron chi connectivity index (χ3n) is 2.38. The predicted octanol–water partition coefficient (Wildman–Crippen LogP) is 1.59. The average Bonchev–Trinajstić information content (AvgIpc) is 2.40. The lowest BCUT2D eigenvalue weighted by atomic mass is 10.2. The Labute approximate surface area is 99.9 Å². The first kappa shape index (κ1) is 11.5. The van der Waals surface area contributed by atoms with E-state index in [1.54, 1.807) is 24.7 Å². The summed E-state index contributed by atoms with van der Waals surface area (Å²) in [6.45, 7) is 0.483. The molecule has 0 fully saturated rings. The number of ether oxygens (including phenoxy) is 1. The van der Waals surface area contributed by atoms with E-state index < -0.39 is 0 Å². The molecule has 4 heteroatoms. The van der Waals surface area contributed by atoms with Crippen molar-refractivity contribution in [3.63, 3.8) is 0 Å². The van der Waals surface area contributed by atoms with Crippen molar-refractivity contribution in [2.24, 2.45) is 0 Å². The SMILES string of the molecule is OCc1ccncc1OCCc1ccccn1. The van der Waals surface area contributed by atoms with Crippen LogP contribution in [0.2, 0.25) is 0 Å². The number of aliphatic hydroxyl groups is 1. The van der Waals surface area contributed by atoms with Crippen LogP contribution in [0, 0.1) is 0 Å². The number of rotatable bonds is 5. The highest BCUT2D eigenvalue weighted by molar-refractivity contribution is 5.28. The zero-order valence-corrected chi connectivity index (χ0v) is 9.41. The molecule has 0 saturated heterocycles. The summed E-state index contributed by atoms with van der Waals surface area (Å²) in [6, 6.07) is 7.54. The summed E-state index contributed by atoms with van der Waals surface area (Å²) in [6.07, 6.45) is 5.75. The van der Waals surface area contributed by atoms with Gasteiger partial charge in [-0.1, -0.05) is 6.07 Å². The monoisotopic (exact) mass is 230 g/mol. The van der Waals surface area contributed by atoms with Crippen LogP contribution in [0.25, 0.3) is 0 Å². The Bertz CT molecular complexity index is 460. The molecule has 2 aromatic rings. The van der Waals surface area contributed by atoms with Crippen molar-refractivity contribution in [2.45, 2.75) is 13.0 Å². The van der Waals surface area contributed by atoms with Crippen molar-refractivity contribution < 1.29 is 9.84 Å². The molecule has 0 radical (unpaired) electrons. The maximum absolute atomic E-state index is 9.11. The van der Waals surface area contributed by atoms with E-state index >= 15 is 0 Å². The molecule has 4 nitrogen and oxygen atoms in total. The highest BCUT2D eigenvalue weighted by Gasteiger charge is 2.02. The molecule has 0 aliphatic rings. The Balaban J connectivity index is 1.90. The second-order valence-electron chi connectivity index (χ2n) is 3.56. The van der Waals surface area contributed by atoms with Crippen molar-refractivity contribution >= 4 is 0 Å².